The molecule has 1 N–H and O–H groups in total. The molecule has 4 rings (SSSR count). The monoisotopic (exact) mass is 413 g/mol. The van der Waals surface area contributed by atoms with Crippen LogP contribution in [0, 0.1) is 6.92 Å². The van der Waals surface area contributed by atoms with Gasteiger partial charge < -0.3 is 9.88 Å². The van der Waals surface area contributed by atoms with Gasteiger partial charge in [0, 0.05) is 17.0 Å². The van der Waals surface area contributed by atoms with E-state index in [0.29, 0.717) is 16.9 Å². The fraction of sp³-hybridized carbons (Fsp3) is 0.400. The molecule has 1 aromatic carbocycles. The van der Waals surface area contributed by atoms with E-state index >= 15 is 0 Å². The van der Waals surface area contributed by atoms with Crippen LogP contribution in [0.3, 0.4) is 0 Å². The van der Waals surface area contributed by atoms with Crippen LogP contribution in [0.25, 0.3) is 11.3 Å². The Morgan fingerprint density at radius 2 is 2.07 bits per heavy atom. The molecule has 6 nitrogen and oxygen atoms in total. The molecule has 3 aromatic rings. The van der Waals surface area contributed by atoms with E-state index in [1.165, 1.54) is 41.5 Å². The third-order valence-corrected chi connectivity index (χ3v) is 6.32. The number of nitrogens with one attached hydrogen (secondary N) is 1. The lowest BCUT2D eigenvalue weighted by atomic mass is 10.1. The van der Waals surface area contributed by atoms with Gasteiger partial charge >= 0.3 is 0 Å². The van der Waals surface area contributed by atoms with Crippen molar-refractivity contribution in [2.75, 3.05) is 11.1 Å². The molecule has 146 valence electrons. The second kappa shape index (κ2) is 8.45. The lowest BCUT2D eigenvalue weighted by Crippen LogP contribution is -2.14. The summed E-state index contributed by atoms with van der Waals surface area (Å²) in [6.07, 6.45) is 4.56. The topological polar surface area (TPSA) is 72.7 Å². The second-order valence-electron chi connectivity index (χ2n) is 6.95. The first-order chi connectivity index (χ1) is 13.6. The average molecular weight is 414 g/mol. The summed E-state index contributed by atoms with van der Waals surface area (Å²) in [7, 11) is 0. The number of anilines is 1. The van der Waals surface area contributed by atoms with E-state index in [1.807, 2.05) is 12.3 Å². The first-order valence-electron chi connectivity index (χ1n) is 9.53. The number of thiazole rings is 1. The van der Waals surface area contributed by atoms with Gasteiger partial charge in [0.15, 0.2) is 10.3 Å². The summed E-state index contributed by atoms with van der Waals surface area (Å²) >= 11 is 2.87. The Balaban J connectivity index is 1.34. The largest absolute Gasteiger partial charge is 0.303 e. The summed E-state index contributed by atoms with van der Waals surface area (Å²) in [6.45, 7) is 4.14. The van der Waals surface area contributed by atoms with Crippen LogP contribution >= 0.6 is 23.1 Å². The highest BCUT2D eigenvalue weighted by Gasteiger charge is 2.28. The first kappa shape index (κ1) is 19.1. The lowest BCUT2D eigenvalue weighted by molar-refractivity contribution is -0.113. The number of aromatic nitrogens is 4. The van der Waals surface area contributed by atoms with Crippen molar-refractivity contribution in [3.8, 4) is 11.3 Å². The van der Waals surface area contributed by atoms with Crippen molar-refractivity contribution in [1.29, 1.82) is 0 Å². The van der Waals surface area contributed by atoms with Gasteiger partial charge in [-0.25, -0.2) is 4.98 Å². The predicted molar refractivity (Wildman–Crippen MR) is 114 cm³/mol. The Kier molecular flexibility index (Phi) is 5.77. The van der Waals surface area contributed by atoms with Gasteiger partial charge in [-0.1, -0.05) is 49.4 Å². The average Bonchev–Trinajstić information content (AvgIpc) is 3.30. The molecule has 1 fully saturated rings. The molecule has 8 heteroatoms. The highest BCUT2D eigenvalue weighted by Crippen LogP contribution is 2.38. The highest BCUT2D eigenvalue weighted by molar-refractivity contribution is 7.99. The van der Waals surface area contributed by atoms with Gasteiger partial charge in [-0.05, 0) is 31.7 Å². The minimum absolute atomic E-state index is 0.0767. The Morgan fingerprint density at radius 3 is 2.79 bits per heavy atom. The zero-order chi connectivity index (χ0) is 19.5. The van der Waals surface area contributed by atoms with Gasteiger partial charge in [0.25, 0.3) is 0 Å². The molecular formula is C20H23N5OS2. The van der Waals surface area contributed by atoms with Gasteiger partial charge in [-0.15, -0.1) is 21.5 Å². The van der Waals surface area contributed by atoms with E-state index in [9.17, 15) is 4.79 Å². The number of carbonyl (C=O) groups is 1. The molecule has 1 amide bonds. The van der Waals surface area contributed by atoms with Gasteiger partial charge in [0.2, 0.25) is 5.91 Å². The van der Waals surface area contributed by atoms with E-state index in [1.54, 1.807) is 0 Å². The Bertz CT molecular complexity index is 959. The van der Waals surface area contributed by atoms with Crippen molar-refractivity contribution in [3.05, 3.63) is 41.0 Å². The number of amides is 1. The number of thioether (sulfide) groups is 1. The molecule has 2 aromatic heterocycles. The molecule has 1 saturated carbocycles. The molecule has 0 radical (unpaired) electrons. The minimum atomic E-state index is -0.0767. The summed E-state index contributed by atoms with van der Waals surface area (Å²) < 4.78 is 2.14. The van der Waals surface area contributed by atoms with Crippen molar-refractivity contribution in [1.82, 2.24) is 19.7 Å². The summed E-state index contributed by atoms with van der Waals surface area (Å²) in [6, 6.07) is 8.98. The van der Waals surface area contributed by atoms with Crippen molar-refractivity contribution in [2.24, 2.45) is 0 Å². The highest BCUT2D eigenvalue weighted by atomic mass is 32.2. The van der Waals surface area contributed by atoms with Gasteiger partial charge in [-0.3, -0.25) is 4.79 Å². The van der Waals surface area contributed by atoms with E-state index in [4.69, 9.17) is 0 Å². The van der Waals surface area contributed by atoms with Crippen LogP contribution in [0.1, 0.15) is 43.6 Å². The van der Waals surface area contributed by atoms with E-state index in [2.05, 4.69) is 56.3 Å². The second-order valence-corrected chi connectivity index (χ2v) is 8.75. The summed E-state index contributed by atoms with van der Waals surface area (Å²) in [5.41, 5.74) is 3.29. The number of hydrogen-bond acceptors (Lipinski definition) is 6. The molecule has 1 aliphatic rings. The first-order valence-corrected chi connectivity index (χ1v) is 11.4. The van der Waals surface area contributed by atoms with Crippen LogP contribution in [0.15, 0.2) is 34.8 Å². The normalized spacial score (nSPS) is 13.6. The van der Waals surface area contributed by atoms with E-state index in [-0.39, 0.29) is 5.91 Å². The van der Waals surface area contributed by atoms with Crippen molar-refractivity contribution in [3.63, 3.8) is 0 Å². The maximum Gasteiger partial charge on any atom is 0.236 e. The molecule has 0 spiro atoms. The van der Waals surface area contributed by atoms with Crippen LogP contribution in [-0.4, -0.2) is 31.4 Å². The number of rotatable bonds is 8. The predicted octanol–water partition coefficient (Wildman–Crippen LogP) is 4.73. The zero-order valence-electron chi connectivity index (χ0n) is 16.0. The molecule has 0 aliphatic heterocycles. The smallest absolute Gasteiger partial charge is 0.236 e. The molecule has 0 saturated heterocycles. The van der Waals surface area contributed by atoms with Crippen LogP contribution in [0.4, 0.5) is 5.13 Å². The molecule has 0 bridgehead atoms. The molecule has 0 unspecified atom stereocenters. The van der Waals surface area contributed by atoms with Crippen molar-refractivity contribution in [2.45, 2.75) is 50.7 Å². The van der Waals surface area contributed by atoms with Crippen LogP contribution in [-0.2, 0) is 11.2 Å². The number of carbonyl (C=O) groups excluding carboxylic acids is 1. The molecule has 2 heterocycles. The Morgan fingerprint density at radius 1 is 1.29 bits per heavy atom. The third-order valence-electron chi connectivity index (χ3n) is 4.62. The number of aryl methyl sites for hydroxylation is 2. The van der Waals surface area contributed by atoms with Crippen LogP contribution in [0.5, 0.6) is 0 Å². The molecule has 0 atom stereocenters. The van der Waals surface area contributed by atoms with Crippen molar-refractivity contribution >= 4 is 34.1 Å². The van der Waals surface area contributed by atoms with E-state index in [0.717, 1.165) is 35.1 Å². The Hall–Kier alpha value is -2.19. The van der Waals surface area contributed by atoms with Crippen LogP contribution < -0.4 is 5.32 Å². The van der Waals surface area contributed by atoms with Gasteiger partial charge in [0.1, 0.15) is 5.82 Å². The van der Waals surface area contributed by atoms with Gasteiger partial charge in [0.05, 0.1) is 11.4 Å². The number of nitrogens with zero attached hydrogens (tertiary/aromatic N) is 4. The molecule has 1 aliphatic carbocycles. The Labute approximate surface area is 172 Å². The number of benzene rings is 1. The third kappa shape index (κ3) is 4.44. The molecular weight excluding hydrogens is 390 g/mol. The van der Waals surface area contributed by atoms with Gasteiger partial charge in [-0.2, -0.15) is 0 Å². The summed E-state index contributed by atoms with van der Waals surface area (Å²) in [5.74, 6) is 1.14. The maximum absolute atomic E-state index is 12.3. The van der Waals surface area contributed by atoms with E-state index < -0.39 is 0 Å². The fourth-order valence-electron chi connectivity index (χ4n) is 3.08. The summed E-state index contributed by atoms with van der Waals surface area (Å²) in [4.78, 5) is 16.9. The fourth-order valence-corrected chi connectivity index (χ4v) is 4.67. The number of hydrogen-bond donors (Lipinski definition) is 1. The summed E-state index contributed by atoms with van der Waals surface area (Å²) in [5, 5.41) is 14.7. The minimum Gasteiger partial charge on any atom is -0.303 e. The zero-order valence-corrected chi connectivity index (χ0v) is 17.6. The standard InChI is InChI=1S/C20H23N5OS2/c1-3-4-14-5-7-15(8-6-14)17-11-27-19(21-17)22-18(26)12-28-20-24-23-13(2)25(20)16-9-10-16/h5-8,11,16H,3-4,9-10,12H2,1-2H3,(H,21,22,26). The maximum atomic E-state index is 12.3. The SMILES string of the molecule is CCCc1ccc(-c2csc(NC(=O)CSc3nnc(C)n3C3CC3)n2)cc1. The lowest BCUT2D eigenvalue weighted by Gasteiger charge is -2.06. The molecule has 28 heavy (non-hydrogen) atoms. The van der Waals surface area contributed by atoms with Crippen LogP contribution in [0.2, 0.25) is 0 Å². The van der Waals surface area contributed by atoms with Crippen molar-refractivity contribution < 1.29 is 4.79 Å². The quantitative estimate of drug-likeness (QED) is 0.541.